The predicted molar refractivity (Wildman–Crippen MR) is 18.2 cm³/mol. The molecule has 0 unspecified atom stereocenters. The summed E-state index contributed by atoms with van der Waals surface area (Å²) in [5.41, 5.74) is 0. The zero-order chi connectivity index (χ0) is 2.71. The Kier molecular flexibility index (Phi) is 119. The summed E-state index contributed by atoms with van der Waals surface area (Å²) in [7, 11) is -0.833. The van der Waals surface area contributed by atoms with E-state index in [-0.39, 0.29) is 60.5 Å². The van der Waals surface area contributed by atoms with Crippen molar-refractivity contribution in [2.45, 2.75) is 0 Å². The molecule has 0 bridgehead atoms. The zero-order valence-electron chi connectivity index (χ0n) is 4.01. The van der Waals surface area contributed by atoms with Crippen molar-refractivity contribution in [3.8, 4) is 0 Å². The molecule has 6 heteroatoms. The normalized spacial score (nSPS) is 3.50. The van der Waals surface area contributed by atoms with Crippen LogP contribution in [0, 0.1) is 0 Å². The van der Waals surface area contributed by atoms with Gasteiger partial charge in [-0.15, -0.1) is 12.4 Å². The first-order chi connectivity index (χ1) is 1.41. The Bertz CT molecular complexity index is 25.2. The first-order valence-corrected chi connectivity index (χ1v) is 1.15. The molecule has 0 aromatic rings. The minimum absolute atomic E-state index is 0. The number of hydrogen-bond donors (Lipinski definition) is 1. The molecule has 0 spiro atoms. The third-order valence-electron chi connectivity index (χ3n) is 0. The van der Waals surface area contributed by atoms with Gasteiger partial charge in [-0.05, 0) is 0 Å². The minimum Gasteiger partial charge on any atom is -1.00 e. The summed E-state index contributed by atoms with van der Waals surface area (Å²) in [6, 6.07) is 0. The van der Waals surface area contributed by atoms with Crippen molar-refractivity contribution in [3.05, 3.63) is 0 Å². The number of hydrogen-bond acceptors (Lipinski definition) is 1. The Labute approximate surface area is 78.0 Å². The molecule has 1 radical (unpaired) electrons. The maximum absolute atomic E-state index is 8.46. The predicted octanol–water partition coefficient (Wildman–Crippen LogP) is -2.28. The topological polar surface area (TPSA) is 37.3 Å². The van der Waals surface area contributed by atoms with Crippen molar-refractivity contribution in [2.24, 2.45) is 0 Å². The average Bonchev–Trinajstić information content (AvgIpc) is 0.918. The van der Waals surface area contributed by atoms with E-state index in [1.54, 1.807) is 0 Å². The van der Waals surface area contributed by atoms with Crippen LogP contribution in [0.5, 0.6) is 0 Å². The van der Waals surface area contributed by atoms with Gasteiger partial charge in [-0.25, -0.2) is 4.57 Å². The van der Waals surface area contributed by atoms with Crippen molar-refractivity contribution in [1.29, 1.82) is 0 Å². The standard InChI is InChI=1S/ClH.Cu.Na.HO2P.H/c;;;1-3-2;/h1H;;;(H,1,2);/q;;+1;;-1. The molecule has 0 saturated carbocycles. The fourth-order valence-electron chi connectivity index (χ4n) is 0. The van der Waals surface area contributed by atoms with Gasteiger partial charge in [-0.3, -0.25) is 0 Å². The second-order valence-corrected chi connectivity index (χ2v) is 0.245. The summed E-state index contributed by atoms with van der Waals surface area (Å²) in [4.78, 5) is 6.99. The summed E-state index contributed by atoms with van der Waals surface area (Å²) >= 11 is 0. The van der Waals surface area contributed by atoms with Crippen LogP contribution in [-0.2, 0) is 21.6 Å². The van der Waals surface area contributed by atoms with Gasteiger partial charge >= 0.3 is 38.2 Å². The molecular weight excluding hydrogens is 185 g/mol. The van der Waals surface area contributed by atoms with E-state index in [0.717, 1.165) is 0 Å². The largest absolute Gasteiger partial charge is 1.00 e. The molecule has 0 aliphatic rings. The van der Waals surface area contributed by atoms with Gasteiger partial charge in [-0.2, -0.15) is 0 Å². The van der Waals surface area contributed by atoms with E-state index in [0.29, 0.717) is 0 Å². The number of rotatable bonds is 0. The SMILES string of the molecule is Cl.O=PO.[Cu].[H-].[Na+]. The van der Waals surface area contributed by atoms with Crippen LogP contribution in [0.2, 0.25) is 0 Å². The molecule has 0 fully saturated rings. The molecule has 2 nitrogen and oxygen atoms in total. The van der Waals surface area contributed by atoms with Gasteiger partial charge < -0.3 is 6.32 Å². The van der Waals surface area contributed by atoms with Crippen molar-refractivity contribution in [2.75, 3.05) is 0 Å². The van der Waals surface area contributed by atoms with Crippen LogP contribution in [0.4, 0.5) is 0 Å². The molecule has 0 aromatic heterocycles. The van der Waals surface area contributed by atoms with E-state index >= 15 is 0 Å². The monoisotopic (exact) mass is 187 g/mol. The van der Waals surface area contributed by atoms with Crippen molar-refractivity contribution in [3.63, 3.8) is 0 Å². The van der Waals surface area contributed by atoms with E-state index in [1.807, 2.05) is 0 Å². The summed E-state index contributed by atoms with van der Waals surface area (Å²) in [5.74, 6) is 0. The quantitative estimate of drug-likeness (QED) is 0.343. The Balaban J connectivity index is -0.00000000333. The molecule has 0 atom stereocenters. The van der Waals surface area contributed by atoms with Gasteiger partial charge in [0, 0.05) is 17.1 Å². The van der Waals surface area contributed by atoms with E-state index in [1.165, 1.54) is 0 Å². The smallest absolute Gasteiger partial charge is 1.00 e. The Morgan fingerprint density at radius 1 is 1.67 bits per heavy atom. The van der Waals surface area contributed by atoms with Gasteiger partial charge in [0.2, 0.25) is 0 Å². The molecule has 0 amide bonds. The summed E-state index contributed by atoms with van der Waals surface area (Å²) in [6.45, 7) is 0. The van der Waals surface area contributed by atoms with Gasteiger partial charge in [0.15, 0.2) is 0 Å². The molecule has 0 aliphatic carbocycles. The number of halogens is 1. The van der Waals surface area contributed by atoms with Crippen LogP contribution in [0.15, 0.2) is 0 Å². The first kappa shape index (κ1) is 24.8. The third kappa shape index (κ3) is 39.8. The second-order valence-electron chi connectivity index (χ2n) is 0.0816. The van der Waals surface area contributed by atoms with Gasteiger partial charge in [-0.1, -0.05) is 0 Å². The summed E-state index contributed by atoms with van der Waals surface area (Å²) in [6.07, 6.45) is 0. The molecule has 0 rings (SSSR count). The van der Waals surface area contributed by atoms with E-state index in [2.05, 4.69) is 0 Å². The van der Waals surface area contributed by atoms with Crippen molar-refractivity contribution < 1.29 is 57.5 Å². The van der Waals surface area contributed by atoms with Gasteiger partial charge in [0.25, 0.3) is 0 Å². The van der Waals surface area contributed by atoms with Gasteiger partial charge in [0.05, 0.1) is 0 Å². The van der Waals surface area contributed by atoms with E-state index in [4.69, 9.17) is 9.46 Å². The zero-order valence-corrected chi connectivity index (χ0v) is 7.67. The molecule has 0 aliphatic heterocycles. The van der Waals surface area contributed by atoms with Crippen LogP contribution in [0.1, 0.15) is 1.43 Å². The van der Waals surface area contributed by atoms with Crippen molar-refractivity contribution in [1.82, 2.24) is 0 Å². The fraction of sp³-hybridized carbons (Fsp3) is 0. The second kappa shape index (κ2) is 28.7. The fourth-order valence-corrected chi connectivity index (χ4v) is 0. The summed E-state index contributed by atoms with van der Waals surface area (Å²) in [5, 5.41) is 0. The first-order valence-electron chi connectivity index (χ1n) is 0.383. The Morgan fingerprint density at radius 2 is 1.67 bits per heavy atom. The molecule has 0 aromatic carbocycles. The maximum Gasteiger partial charge on any atom is 1.00 e. The van der Waals surface area contributed by atoms with Crippen LogP contribution < -0.4 is 29.6 Å². The average molecular weight is 188 g/mol. The maximum atomic E-state index is 8.46. The molecular formula is H3ClCuNaO2P. The Morgan fingerprint density at radius 3 is 1.67 bits per heavy atom. The third-order valence-corrected chi connectivity index (χ3v) is 0. The molecule has 39 valence electrons. The molecule has 0 heterocycles. The molecule has 1 N–H and O–H groups in total. The molecule has 6 heavy (non-hydrogen) atoms. The van der Waals surface area contributed by atoms with Crippen LogP contribution in [0.25, 0.3) is 0 Å². The van der Waals surface area contributed by atoms with Crippen LogP contribution in [-0.4, -0.2) is 4.89 Å². The van der Waals surface area contributed by atoms with E-state index in [9.17, 15) is 0 Å². The van der Waals surface area contributed by atoms with Crippen LogP contribution in [0.3, 0.4) is 0 Å². The van der Waals surface area contributed by atoms with Gasteiger partial charge in [0.1, 0.15) is 0 Å². The molecule has 0 saturated heterocycles. The Hall–Kier alpha value is 1.87. The van der Waals surface area contributed by atoms with E-state index < -0.39 is 8.69 Å². The minimum atomic E-state index is -0.833. The van der Waals surface area contributed by atoms with Crippen molar-refractivity contribution >= 4 is 21.1 Å². The van der Waals surface area contributed by atoms with Crippen LogP contribution >= 0.6 is 21.1 Å². The summed E-state index contributed by atoms with van der Waals surface area (Å²) < 4.78 is 8.46.